The predicted octanol–water partition coefficient (Wildman–Crippen LogP) is 4.56. The average molecular weight is 337 g/mol. The van der Waals surface area contributed by atoms with Gasteiger partial charge in [0.05, 0.1) is 12.7 Å². The van der Waals surface area contributed by atoms with Gasteiger partial charge in [0.1, 0.15) is 0 Å². The number of anilines is 1. The molecule has 130 valence electrons. The maximum Gasteiger partial charge on any atom is 0.337 e. The van der Waals surface area contributed by atoms with E-state index in [2.05, 4.69) is 36.0 Å². The maximum atomic E-state index is 12.1. The minimum Gasteiger partial charge on any atom is -0.465 e. The highest BCUT2D eigenvalue weighted by Gasteiger charge is 2.08. The summed E-state index contributed by atoms with van der Waals surface area (Å²) in [5.74, 6) is -0.134. The number of hydrogen-bond donors (Lipinski definition) is 1. The molecule has 0 saturated carbocycles. The van der Waals surface area contributed by atoms with Crippen LogP contribution in [0.3, 0.4) is 0 Å². The van der Waals surface area contributed by atoms with Crippen LogP contribution in [0, 0.1) is 6.92 Å². The summed E-state index contributed by atoms with van der Waals surface area (Å²) >= 11 is 0. The first-order valence-electron chi connectivity index (χ1n) is 8.18. The standard InChI is InChI=1S/C21H23NO3/c1-14(2)17-8-5-16(6-9-17)7-12-20(23)22-19-11-10-18(13-15(19)3)21(24)25-4/h5-14H,1-4H3,(H,22,23)/b12-7+. The molecule has 0 fully saturated rings. The third-order valence-corrected chi connectivity index (χ3v) is 3.94. The Morgan fingerprint density at radius 1 is 1.08 bits per heavy atom. The molecule has 2 aromatic carbocycles. The van der Waals surface area contributed by atoms with Gasteiger partial charge in [-0.2, -0.15) is 0 Å². The van der Waals surface area contributed by atoms with Crippen LogP contribution in [0.25, 0.3) is 6.08 Å². The van der Waals surface area contributed by atoms with E-state index in [1.807, 2.05) is 19.1 Å². The summed E-state index contributed by atoms with van der Waals surface area (Å²) < 4.78 is 4.69. The van der Waals surface area contributed by atoms with Crippen LogP contribution in [0.5, 0.6) is 0 Å². The molecule has 0 unspecified atom stereocenters. The van der Waals surface area contributed by atoms with Crippen molar-refractivity contribution in [3.8, 4) is 0 Å². The lowest BCUT2D eigenvalue weighted by molar-refractivity contribution is -0.111. The zero-order valence-electron chi connectivity index (χ0n) is 15.0. The molecule has 0 aliphatic carbocycles. The molecule has 0 heterocycles. The Balaban J connectivity index is 2.03. The van der Waals surface area contributed by atoms with Gasteiger partial charge in [0, 0.05) is 11.8 Å². The van der Waals surface area contributed by atoms with Crippen LogP contribution in [-0.2, 0) is 9.53 Å². The molecule has 0 aliphatic rings. The van der Waals surface area contributed by atoms with Crippen molar-refractivity contribution in [1.29, 1.82) is 0 Å². The molecular formula is C21H23NO3. The van der Waals surface area contributed by atoms with Gasteiger partial charge >= 0.3 is 5.97 Å². The minimum atomic E-state index is -0.397. The summed E-state index contributed by atoms with van der Waals surface area (Å²) in [5.41, 5.74) is 4.16. The number of methoxy groups -OCH3 is 1. The van der Waals surface area contributed by atoms with E-state index in [9.17, 15) is 9.59 Å². The molecule has 2 rings (SSSR count). The van der Waals surface area contributed by atoms with Crippen LogP contribution in [0.1, 0.15) is 46.8 Å². The predicted molar refractivity (Wildman–Crippen MR) is 101 cm³/mol. The van der Waals surface area contributed by atoms with Crippen molar-refractivity contribution < 1.29 is 14.3 Å². The van der Waals surface area contributed by atoms with Crippen LogP contribution in [0.4, 0.5) is 5.69 Å². The SMILES string of the molecule is COC(=O)c1ccc(NC(=O)/C=C/c2ccc(C(C)C)cc2)c(C)c1. The van der Waals surface area contributed by atoms with E-state index in [0.29, 0.717) is 17.2 Å². The fraction of sp³-hybridized carbons (Fsp3) is 0.238. The second-order valence-corrected chi connectivity index (χ2v) is 6.17. The fourth-order valence-corrected chi connectivity index (χ4v) is 2.39. The smallest absolute Gasteiger partial charge is 0.337 e. The summed E-state index contributed by atoms with van der Waals surface area (Å²) in [7, 11) is 1.34. The molecule has 1 N–H and O–H groups in total. The van der Waals surface area contributed by atoms with Gasteiger partial charge in [0.15, 0.2) is 0 Å². The molecule has 0 aromatic heterocycles. The van der Waals surface area contributed by atoms with Gasteiger partial charge in [-0.1, -0.05) is 38.1 Å². The first-order chi connectivity index (χ1) is 11.9. The molecule has 0 spiro atoms. The van der Waals surface area contributed by atoms with Crippen molar-refractivity contribution in [3.05, 3.63) is 70.8 Å². The molecule has 2 aromatic rings. The second-order valence-electron chi connectivity index (χ2n) is 6.17. The van der Waals surface area contributed by atoms with E-state index >= 15 is 0 Å². The van der Waals surface area contributed by atoms with E-state index in [4.69, 9.17) is 0 Å². The van der Waals surface area contributed by atoms with Crippen molar-refractivity contribution in [2.75, 3.05) is 12.4 Å². The number of ether oxygens (including phenoxy) is 1. The van der Waals surface area contributed by atoms with Crippen molar-refractivity contribution in [2.45, 2.75) is 26.7 Å². The van der Waals surface area contributed by atoms with E-state index in [0.717, 1.165) is 11.1 Å². The van der Waals surface area contributed by atoms with E-state index in [1.54, 1.807) is 24.3 Å². The topological polar surface area (TPSA) is 55.4 Å². The molecule has 0 saturated heterocycles. The van der Waals surface area contributed by atoms with Gasteiger partial charge in [-0.25, -0.2) is 4.79 Å². The molecule has 4 nitrogen and oxygen atoms in total. The van der Waals surface area contributed by atoms with Gasteiger partial charge in [-0.3, -0.25) is 4.79 Å². The minimum absolute atomic E-state index is 0.221. The second kappa shape index (κ2) is 8.29. The zero-order valence-corrected chi connectivity index (χ0v) is 15.0. The molecule has 0 radical (unpaired) electrons. The molecule has 4 heteroatoms. The summed E-state index contributed by atoms with van der Waals surface area (Å²) in [6.45, 7) is 6.12. The monoisotopic (exact) mass is 337 g/mol. The van der Waals surface area contributed by atoms with Gasteiger partial charge in [0.25, 0.3) is 0 Å². The van der Waals surface area contributed by atoms with Crippen LogP contribution >= 0.6 is 0 Å². The van der Waals surface area contributed by atoms with E-state index in [1.165, 1.54) is 18.7 Å². The number of hydrogen-bond acceptors (Lipinski definition) is 3. The van der Waals surface area contributed by atoms with Crippen molar-refractivity contribution in [3.63, 3.8) is 0 Å². The number of aryl methyl sites for hydroxylation is 1. The third-order valence-electron chi connectivity index (χ3n) is 3.94. The Morgan fingerprint density at radius 3 is 2.32 bits per heavy atom. The van der Waals surface area contributed by atoms with Crippen LogP contribution in [0.15, 0.2) is 48.5 Å². The van der Waals surface area contributed by atoms with E-state index in [-0.39, 0.29) is 5.91 Å². The third kappa shape index (κ3) is 5.05. The lowest BCUT2D eigenvalue weighted by Crippen LogP contribution is -2.10. The van der Waals surface area contributed by atoms with Crippen molar-refractivity contribution in [1.82, 2.24) is 0 Å². The highest BCUT2D eigenvalue weighted by atomic mass is 16.5. The Hall–Kier alpha value is -2.88. The largest absolute Gasteiger partial charge is 0.465 e. The summed E-state index contributed by atoms with van der Waals surface area (Å²) in [6, 6.07) is 13.1. The highest BCUT2D eigenvalue weighted by Crippen LogP contribution is 2.18. The highest BCUT2D eigenvalue weighted by molar-refractivity contribution is 6.02. The normalized spacial score (nSPS) is 10.9. The quantitative estimate of drug-likeness (QED) is 0.643. The Bertz CT molecular complexity index is 789. The Labute approximate surface area is 148 Å². The molecular weight excluding hydrogens is 314 g/mol. The van der Waals surface area contributed by atoms with Crippen molar-refractivity contribution >= 4 is 23.6 Å². The number of esters is 1. The average Bonchev–Trinajstić information content (AvgIpc) is 2.61. The van der Waals surface area contributed by atoms with Crippen LogP contribution in [-0.4, -0.2) is 19.0 Å². The number of nitrogens with one attached hydrogen (secondary N) is 1. The van der Waals surface area contributed by atoms with Gasteiger partial charge in [0.2, 0.25) is 5.91 Å². The fourth-order valence-electron chi connectivity index (χ4n) is 2.39. The number of carbonyl (C=O) groups excluding carboxylic acids is 2. The number of benzene rings is 2. The molecule has 25 heavy (non-hydrogen) atoms. The van der Waals surface area contributed by atoms with Crippen LogP contribution < -0.4 is 5.32 Å². The van der Waals surface area contributed by atoms with Gasteiger partial charge in [-0.05, 0) is 53.8 Å². The number of amides is 1. The summed E-state index contributed by atoms with van der Waals surface area (Å²) in [5, 5.41) is 2.82. The van der Waals surface area contributed by atoms with Gasteiger partial charge < -0.3 is 10.1 Å². The van der Waals surface area contributed by atoms with E-state index < -0.39 is 5.97 Å². The lowest BCUT2D eigenvalue weighted by Gasteiger charge is -2.08. The Kier molecular flexibility index (Phi) is 6.12. The molecule has 0 bridgehead atoms. The molecule has 0 aliphatic heterocycles. The molecule has 0 atom stereocenters. The van der Waals surface area contributed by atoms with Gasteiger partial charge in [-0.15, -0.1) is 0 Å². The first-order valence-corrected chi connectivity index (χ1v) is 8.18. The number of carbonyl (C=O) groups is 2. The maximum absolute atomic E-state index is 12.1. The summed E-state index contributed by atoms with van der Waals surface area (Å²) in [6.07, 6.45) is 3.27. The lowest BCUT2D eigenvalue weighted by atomic mass is 10.0. The molecule has 1 amide bonds. The van der Waals surface area contributed by atoms with Crippen molar-refractivity contribution in [2.24, 2.45) is 0 Å². The number of rotatable bonds is 5. The summed E-state index contributed by atoms with van der Waals surface area (Å²) in [4.78, 5) is 23.6. The Morgan fingerprint density at radius 2 is 1.76 bits per heavy atom. The van der Waals surface area contributed by atoms with Crippen LogP contribution in [0.2, 0.25) is 0 Å². The zero-order chi connectivity index (χ0) is 18.4. The first kappa shape index (κ1) is 18.5.